The van der Waals surface area contributed by atoms with Crippen LogP contribution < -0.4 is 10.6 Å². The van der Waals surface area contributed by atoms with Crippen molar-refractivity contribution in [1.82, 2.24) is 5.32 Å². The highest BCUT2D eigenvalue weighted by Gasteiger charge is 2.23. The van der Waals surface area contributed by atoms with Crippen LogP contribution >= 0.6 is 0 Å². The molecule has 6 heteroatoms. The maximum Gasteiger partial charge on any atom is 0.330 e. The Morgan fingerprint density at radius 2 is 2.12 bits per heavy atom. The van der Waals surface area contributed by atoms with Gasteiger partial charge in [0.2, 0.25) is 0 Å². The normalized spacial score (nSPS) is 18.3. The van der Waals surface area contributed by atoms with Gasteiger partial charge in [0.05, 0.1) is 18.8 Å². The molecule has 2 atom stereocenters. The van der Waals surface area contributed by atoms with Crippen LogP contribution in [0.15, 0.2) is 30.3 Å². The van der Waals surface area contributed by atoms with Crippen molar-refractivity contribution in [3.05, 3.63) is 35.9 Å². The van der Waals surface area contributed by atoms with Crippen LogP contribution in [0.4, 0.5) is 10.5 Å². The number of hydrogen-bond acceptors (Lipinski definition) is 4. The maximum absolute atomic E-state index is 12.0. The van der Waals surface area contributed by atoms with Crippen LogP contribution in [0.1, 0.15) is 32.3 Å². The quantitative estimate of drug-likeness (QED) is 0.620. The van der Waals surface area contributed by atoms with Crippen molar-refractivity contribution >= 4 is 23.8 Å². The maximum atomic E-state index is 12.0. The second-order valence-electron chi connectivity index (χ2n) is 5.65. The molecular weight excluding hydrogens is 308 g/mol. The number of carbonyl (C=O) groups is 2. The fourth-order valence-corrected chi connectivity index (χ4v) is 2.50. The van der Waals surface area contributed by atoms with E-state index in [1.807, 2.05) is 19.1 Å². The van der Waals surface area contributed by atoms with Gasteiger partial charge in [-0.3, -0.25) is 0 Å². The molecule has 2 rings (SSSR count). The van der Waals surface area contributed by atoms with E-state index in [-0.39, 0.29) is 24.1 Å². The van der Waals surface area contributed by atoms with Crippen LogP contribution in [0.2, 0.25) is 0 Å². The van der Waals surface area contributed by atoms with Crippen molar-refractivity contribution in [2.45, 2.75) is 38.8 Å². The fourth-order valence-electron chi connectivity index (χ4n) is 2.50. The third-order valence-electron chi connectivity index (χ3n) is 3.75. The van der Waals surface area contributed by atoms with Gasteiger partial charge < -0.3 is 20.1 Å². The average Bonchev–Trinajstić information content (AvgIpc) is 3.09. The van der Waals surface area contributed by atoms with Crippen molar-refractivity contribution in [3.63, 3.8) is 0 Å². The summed E-state index contributed by atoms with van der Waals surface area (Å²) >= 11 is 0. The third-order valence-corrected chi connectivity index (χ3v) is 3.75. The van der Waals surface area contributed by atoms with E-state index in [0.29, 0.717) is 12.3 Å². The van der Waals surface area contributed by atoms with Gasteiger partial charge in [0.25, 0.3) is 0 Å². The summed E-state index contributed by atoms with van der Waals surface area (Å²) in [6.07, 6.45) is 5.15. The van der Waals surface area contributed by atoms with Crippen molar-refractivity contribution in [3.8, 4) is 0 Å². The smallest absolute Gasteiger partial charge is 0.330 e. The van der Waals surface area contributed by atoms with Gasteiger partial charge in [-0.05, 0) is 50.5 Å². The first-order valence-electron chi connectivity index (χ1n) is 8.22. The van der Waals surface area contributed by atoms with Gasteiger partial charge in [0.15, 0.2) is 0 Å². The average molecular weight is 332 g/mol. The van der Waals surface area contributed by atoms with E-state index in [1.165, 1.54) is 6.08 Å². The second-order valence-corrected chi connectivity index (χ2v) is 5.65. The molecule has 0 aromatic heterocycles. The molecule has 0 aliphatic carbocycles. The third kappa shape index (κ3) is 5.70. The van der Waals surface area contributed by atoms with E-state index < -0.39 is 0 Å². The number of esters is 1. The Bertz CT molecular complexity index is 577. The molecule has 1 aromatic carbocycles. The van der Waals surface area contributed by atoms with Gasteiger partial charge in [0.1, 0.15) is 0 Å². The van der Waals surface area contributed by atoms with E-state index in [0.717, 1.165) is 25.0 Å². The molecule has 1 aliphatic rings. The van der Waals surface area contributed by atoms with Crippen LogP contribution in [0.3, 0.4) is 0 Å². The molecule has 2 amide bonds. The number of ether oxygens (including phenoxy) is 2. The number of amides is 2. The standard InChI is InChI=1S/C18H24N2O4/c1-3-23-17(21)11-8-14-6-9-15(10-7-14)20-18(22)19-13(2)16-5-4-12-24-16/h6-11,13,16H,3-5,12H2,1-2H3,(H2,19,20,22)/b11-8-/t13-,16+/m1/s1. The lowest BCUT2D eigenvalue weighted by Gasteiger charge is -2.20. The van der Waals surface area contributed by atoms with E-state index in [1.54, 1.807) is 25.1 Å². The zero-order valence-corrected chi connectivity index (χ0v) is 14.1. The number of rotatable bonds is 6. The molecule has 6 nitrogen and oxygen atoms in total. The molecule has 0 bridgehead atoms. The number of anilines is 1. The number of urea groups is 1. The van der Waals surface area contributed by atoms with Gasteiger partial charge in [-0.25, -0.2) is 9.59 Å². The van der Waals surface area contributed by atoms with Crippen molar-refractivity contribution < 1.29 is 19.1 Å². The SMILES string of the molecule is CCOC(=O)/C=C\c1ccc(NC(=O)N[C@H](C)[C@@H]2CCCO2)cc1. The predicted octanol–water partition coefficient (Wildman–Crippen LogP) is 2.95. The van der Waals surface area contributed by atoms with Crippen LogP contribution in [-0.2, 0) is 14.3 Å². The van der Waals surface area contributed by atoms with E-state index in [4.69, 9.17) is 9.47 Å². The molecule has 1 fully saturated rings. The first-order chi connectivity index (χ1) is 11.6. The monoisotopic (exact) mass is 332 g/mol. The Hall–Kier alpha value is -2.34. The Kier molecular flexibility index (Phi) is 6.81. The van der Waals surface area contributed by atoms with E-state index >= 15 is 0 Å². The minimum absolute atomic E-state index is 0.0284. The fraction of sp³-hybridized carbons (Fsp3) is 0.444. The molecule has 0 spiro atoms. The number of hydrogen-bond donors (Lipinski definition) is 2. The van der Waals surface area contributed by atoms with Crippen molar-refractivity contribution in [2.24, 2.45) is 0 Å². The van der Waals surface area contributed by atoms with Gasteiger partial charge in [0, 0.05) is 18.4 Å². The van der Waals surface area contributed by atoms with Gasteiger partial charge in [-0.15, -0.1) is 0 Å². The lowest BCUT2D eigenvalue weighted by molar-refractivity contribution is -0.137. The van der Waals surface area contributed by atoms with Crippen molar-refractivity contribution in [1.29, 1.82) is 0 Å². The summed E-state index contributed by atoms with van der Waals surface area (Å²) < 4.78 is 10.4. The molecule has 1 saturated heterocycles. The molecule has 1 aromatic rings. The molecule has 1 aliphatic heterocycles. The molecule has 2 N–H and O–H groups in total. The number of nitrogens with one attached hydrogen (secondary N) is 2. The van der Waals surface area contributed by atoms with E-state index in [2.05, 4.69) is 10.6 Å². The zero-order valence-electron chi connectivity index (χ0n) is 14.1. The minimum atomic E-state index is -0.373. The van der Waals surface area contributed by atoms with Crippen LogP contribution in [0, 0.1) is 0 Å². The predicted molar refractivity (Wildman–Crippen MR) is 92.7 cm³/mol. The molecule has 1 heterocycles. The largest absolute Gasteiger partial charge is 0.463 e. The Morgan fingerprint density at radius 1 is 1.38 bits per heavy atom. The van der Waals surface area contributed by atoms with Gasteiger partial charge in [-0.1, -0.05) is 12.1 Å². The van der Waals surface area contributed by atoms with Crippen LogP contribution in [0.25, 0.3) is 6.08 Å². The summed E-state index contributed by atoms with van der Waals surface area (Å²) in [5.74, 6) is -0.373. The number of benzene rings is 1. The second kappa shape index (κ2) is 9.08. The highest BCUT2D eigenvalue weighted by Crippen LogP contribution is 2.16. The van der Waals surface area contributed by atoms with Gasteiger partial charge in [-0.2, -0.15) is 0 Å². The van der Waals surface area contributed by atoms with E-state index in [9.17, 15) is 9.59 Å². The summed E-state index contributed by atoms with van der Waals surface area (Å²) in [5, 5.41) is 5.68. The summed E-state index contributed by atoms with van der Waals surface area (Å²) in [4.78, 5) is 23.3. The number of carbonyl (C=O) groups excluding carboxylic acids is 2. The first-order valence-corrected chi connectivity index (χ1v) is 8.22. The minimum Gasteiger partial charge on any atom is -0.463 e. The van der Waals surface area contributed by atoms with Crippen LogP contribution in [-0.4, -0.2) is 37.4 Å². The topological polar surface area (TPSA) is 76.7 Å². The first kappa shape index (κ1) is 18.0. The van der Waals surface area contributed by atoms with Gasteiger partial charge >= 0.3 is 12.0 Å². The molecule has 0 saturated carbocycles. The Morgan fingerprint density at radius 3 is 2.75 bits per heavy atom. The molecule has 130 valence electrons. The van der Waals surface area contributed by atoms with Crippen LogP contribution in [0.5, 0.6) is 0 Å². The molecule has 0 unspecified atom stereocenters. The lowest BCUT2D eigenvalue weighted by atomic mass is 10.1. The summed E-state index contributed by atoms with van der Waals surface area (Å²) in [6, 6.07) is 6.90. The lowest BCUT2D eigenvalue weighted by Crippen LogP contribution is -2.42. The zero-order chi connectivity index (χ0) is 17.4. The summed E-state index contributed by atoms with van der Waals surface area (Å²) in [6.45, 7) is 4.82. The van der Waals surface area contributed by atoms with Crippen molar-refractivity contribution in [2.75, 3.05) is 18.5 Å². The Labute approximate surface area is 142 Å². The Balaban J connectivity index is 1.82. The summed E-state index contributed by atoms with van der Waals surface area (Å²) in [7, 11) is 0. The molecular formula is C18H24N2O4. The summed E-state index contributed by atoms with van der Waals surface area (Å²) in [5.41, 5.74) is 1.53. The highest BCUT2D eigenvalue weighted by molar-refractivity contribution is 5.90. The highest BCUT2D eigenvalue weighted by atomic mass is 16.5. The molecule has 24 heavy (non-hydrogen) atoms. The molecule has 0 radical (unpaired) electrons.